The van der Waals surface area contributed by atoms with Crippen molar-refractivity contribution >= 4 is 33.3 Å². The second kappa shape index (κ2) is 6.76. The number of aromatic nitrogens is 1. The number of urea groups is 1. The number of carbonyl (C=O) groups excluding carboxylic acids is 1. The third-order valence-corrected chi connectivity index (χ3v) is 3.99. The molecule has 0 saturated heterocycles. The van der Waals surface area contributed by atoms with Gasteiger partial charge in [0, 0.05) is 11.7 Å². The first-order valence-electron chi connectivity index (χ1n) is 7.44. The number of phenolic OH excluding ortho intramolecular Hbond substituents is 1. The summed E-state index contributed by atoms with van der Waals surface area (Å²) in [5, 5.41) is 15.5. The fourth-order valence-electron chi connectivity index (χ4n) is 2.07. The monoisotopic (exact) mass is 343 g/mol. The van der Waals surface area contributed by atoms with Gasteiger partial charge in [-0.05, 0) is 56.3 Å². The predicted octanol–water partition coefficient (Wildman–Crippen LogP) is 4.32. The summed E-state index contributed by atoms with van der Waals surface area (Å²) in [4.78, 5) is 16.0. The molecule has 2 aromatic carbocycles. The summed E-state index contributed by atoms with van der Waals surface area (Å²) >= 11 is 1.35. The number of phenols is 1. The van der Waals surface area contributed by atoms with Crippen molar-refractivity contribution in [1.82, 2.24) is 10.3 Å². The van der Waals surface area contributed by atoms with Gasteiger partial charge >= 0.3 is 6.03 Å². The smallest absolute Gasteiger partial charge is 0.319 e. The van der Waals surface area contributed by atoms with Gasteiger partial charge in [0.1, 0.15) is 11.5 Å². The summed E-state index contributed by atoms with van der Waals surface area (Å²) in [6.45, 7) is 3.79. The van der Waals surface area contributed by atoms with Crippen LogP contribution in [0.2, 0.25) is 0 Å². The molecular formula is C17H17N3O3S. The Labute approximate surface area is 143 Å². The number of ether oxygens (including phenoxy) is 1. The summed E-state index contributed by atoms with van der Waals surface area (Å²) in [6, 6.07) is 11.9. The molecule has 0 aliphatic rings. The van der Waals surface area contributed by atoms with Crippen LogP contribution in [0.1, 0.15) is 13.8 Å². The van der Waals surface area contributed by atoms with Gasteiger partial charge in [-0.2, -0.15) is 0 Å². The molecule has 3 N–H and O–H groups in total. The fraction of sp³-hybridized carbons (Fsp3) is 0.176. The summed E-state index contributed by atoms with van der Waals surface area (Å²) in [5.74, 6) is 0.820. The summed E-state index contributed by atoms with van der Waals surface area (Å²) in [7, 11) is 0. The third-order valence-electron chi connectivity index (χ3n) is 3.09. The number of hydrogen-bond donors (Lipinski definition) is 3. The number of rotatable bonds is 4. The molecule has 124 valence electrons. The number of carbonyl (C=O) groups is 1. The van der Waals surface area contributed by atoms with Crippen LogP contribution in [0.5, 0.6) is 16.7 Å². The van der Waals surface area contributed by atoms with E-state index in [1.807, 2.05) is 13.8 Å². The first kappa shape index (κ1) is 16.1. The maximum absolute atomic E-state index is 11.6. The van der Waals surface area contributed by atoms with Crippen molar-refractivity contribution in [3.63, 3.8) is 0 Å². The Bertz CT molecular complexity index is 859. The lowest BCUT2D eigenvalue weighted by molar-refractivity contribution is 0.250. The van der Waals surface area contributed by atoms with Crippen molar-refractivity contribution in [3.05, 3.63) is 42.5 Å². The molecule has 3 aromatic rings. The van der Waals surface area contributed by atoms with Gasteiger partial charge in [-0.25, -0.2) is 9.78 Å². The number of nitrogens with one attached hydrogen (secondary N) is 2. The number of nitrogens with zero attached hydrogens (tertiary/aromatic N) is 1. The third kappa shape index (κ3) is 3.94. The van der Waals surface area contributed by atoms with Crippen LogP contribution >= 0.6 is 11.3 Å². The molecule has 0 aliphatic heterocycles. The summed E-state index contributed by atoms with van der Waals surface area (Å²) in [5.41, 5.74) is 1.45. The Morgan fingerprint density at radius 2 is 1.96 bits per heavy atom. The maximum atomic E-state index is 11.6. The Morgan fingerprint density at radius 3 is 2.67 bits per heavy atom. The first-order chi connectivity index (χ1) is 11.5. The molecule has 0 radical (unpaired) electrons. The molecule has 7 heteroatoms. The number of aromatic hydroxyl groups is 1. The van der Waals surface area contributed by atoms with Crippen LogP contribution < -0.4 is 15.4 Å². The molecule has 0 fully saturated rings. The molecule has 3 rings (SSSR count). The predicted molar refractivity (Wildman–Crippen MR) is 95.1 cm³/mol. The summed E-state index contributed by atoms with van der Waals surface area (Å²) < 4.78 is 6.58. The molecule has 1 heterocycles. The van der Waals surface area contributed by atoms with E-state index in [9.17, 15) is 9.90 Å². The Morgan fingerprint density at radius 1 is 1.21 bits per heavy atom. The Hall–Kier alpha value is -2.80. The lowest BCUT2D eigenvalue weighted by Crippen LogP contribution is -2.34. The van der Waals surface area contributed by atoms with Gasteiger partial charge in [0.2, 0.25) is 0 Å². The highest BCUT2D eigenvalue weighted by atomic mass is 32.1. The van der Waals surface area contributed by atoms with Crippen LogP contribution in [0.25, 0.3) is 10.2 Å². The highest BCUT2D eigenvalue weighted by molar-refractivity contribution is 7.20. The molecule has 24 heavy (non-hydrogen) atoms. The quantitative estimate of drug-likeness (QED) is 0.658. The molecule has 1 aromatic heterocycles. The van der Waals surface area contributed by atoms with Crippen LogP contribution in [0.4, 0.5) is 10.5 Å². The number of anilines is 1. The van der Waals surface area contributed by atoms with E-state index in [1.165, 1.54) is 11.3 Å². The van der Waals surface area contributed by atoms with E-state index >= 15 is 0 Å². The van der Waals surface area contributed by atoms with Crippen molar-refractivity contribution in [2.24, 2.45) is 0 Å². The molecule has 0 bridgehead atoms. The van der Waals surface area contributed by atoms with Gasteiger partial charge in [-0.3, -0.25) is 0 Å². The number of thiazole rings is 1. The molecule has 0 atom stereocenters. The standard InChI is InChI=1S/C17H17N3O3S/c1-10(2)18-16(22)19-11-3-6-13(7-4-11)23-17-20-14-8-5-12(21)9-15(14)24-17/h3-10,21H,1-2H3,(H2,18,19,22). The minimum Gasteiger partial charge on any atom is -0.508 e. The second-order valence-electron chi connectivity index (χ2n) is 5.51. The van der Waals surface area contributed by atoms with Crippen molar-refractivity contribution in [3.8, 4) is 16.7 Å². The fourth-order valence-corrected chi connectivity index (χ4v) is 2.94. The van der Waals surface area contributed by atoms with Gasteiger partial charge in [0.15, 0.2) is 0 Å². The maximum Gasteiger partial charge on any atom is 0.319 e. The highest BCUT2D eigenvalue weighted by Crippen LogP contribution is 2.33. The van der Waals surface area contributed by atoms with Crippen LogP contribution in [0.15, 0.2) is 42.5 Å². The molecule has 0 spiro atoms. The van der Waals surface area contributed by atoms with Crippen LogP contribution in [0, 0.1) is 0 Å². The Balaban J connectivity index is 1.67. The molecule has 0 saturated carbocycles. The molecule has 0 unspecified atom stereocenters. The average Bonchev–Trinajstić information content (AvgIpc) is 2.89. The minimum absolute atomic E-state index is 0.0751. The number of amides is 2. The van der Waals surface area contributed by atoms with Gasteiger partial charge in [-0.1, -0.05) is 11.3 Å². The molecule has 6 nitrogen and oxygen atoms in total. The van der Waals surface area contributed by atoms with Crippen molar-refractivity contribution in [2.45, 2.75) is 19.9 Å². The van der Waals surface area contributed by atoms with Gasteiger partial charge in [0.05, 0.1) is 10.2 Å². The molecule has 2 amide bonds. The van der Waals surface area contributed by atoms with E-state index in [0.29, 0.717) is 16.6 Å². The summed E-state index contributed by atoms with van der Waals surface area (Å²) in [6.07, 6.45) is 0. The van der Waals surface area contributed by atoms with E-state index in [-0.39, 0.29) is 17.8 Å². The normalized spacial score (nSPS) is 10.8. The minimum atomic E-state index is -0.246. The van der Waals surface area contributed by atoms with E-state index in [2.05, 4.69) is 15.6 Å². The van der Waals surface area contributed by atoms with E-state index in [1.54, 1.807) is 42.5 Å². The number of hydrogen-bond acceptors (Lipinski definition) is 5. The number of fused-ring (bicyclic) bond motifs is 1. The SMILES string of the molecule is CC(C)NC(=O)Nc1ccc(Oc2nc3ccc(O)cc3s2)cc1. The van der Waals surface area contributed by atoms with E-state index in [0.717, 1.165) is 10.2 Å². The largest absolute Gasteiger partial charge is 0.508 e. The zero-order valence-electron chi connectivity index (χ0n) is 13.2. The van der Waals surface area contributed by atoms with E-state index in [4.69, 9.17) is 4.74 Å². The van der Waals surface area contributed by atoms with Crippen molar-refractivity contribution < 1.29 is 14.6 Å². The lowest BCUT2D eigenvalue weighted by atomic mass is 10.3. The second-order valence-corrected chi connectivity index (χ2v) is 6.50. The van der Waals surface area contributed by atoms with Gasteiger partial charge in [0.25, 0.3) is 5.19 Å². The van der Waals surface area contributed by atoms with Crippen LogP contribution in [0.3, 0.4) is 0 Å². The average molecular weight is 343 g/mol. The van der Waals surface area contributed by atoms with E-state index < -0.39 is 0 Å². The zero-order chi connectivity index (χ0) is 17.1. The lowest BCUT2D eigenvalue weighted by Gasteiger charge is -2.10. The van der Waals surface area contributed by atoms with Crippen LogP contribution in [-0.4, -0.2) is 22.2 Å². The van der Waals surface area contributed by atoms with Crippen LogP contribution in [-0.2, 0) is 0 Å². The first-order valence-corrected chi connectivity index (χ1v) is 8.26. The van der Waals surface area contributed by atoms with Gasteiger partial charge < -0.3 is 20.5 Å². The zero-order valence-corrected chi connectivity index (χ0v) is 14.1. The number of benzene rings is 2. The van der Waals surface area contributed by atoms with Crippen molar-refractivity contribution in [1.29, 1.82) is 0 Å². The van der Waals surface area contributed by atoms with Gasteiger partial charge in [-0.15, -0.1) is 0 Å². The molecule has 0 aliphatic carbocycles. The molecular weight excluding hydrogens is 326 g/mol. The van der Waals surface area contributed by atoms with Crippen molar-refractivity contribution in [2.75, 3.05) is 5.32 Å². The highest BCUT2D eigenvalue weighted by Gasteiger charge is 2.08. The topological polar surface area (TPSA) is 83.5 Å². The Kier molecular flexibility index (Phi) is 4.52.